The molecule has 3 aromatic rings. The molecule has 0 aliphatic heterocycles. The number of nitrogens with zero attached hydrogens (tertiary/aromatic N) is 4. The number of ether oxygens (including phenoxy) is 2. The van der Waals surface area contributed by atoms with Crippen molar-refractivity contribution < 1.29 is 9.47 Å². The first kappa shape index (κ1) is 16.2. The Labute approximate surface area is 143 Å². The SMILES string of the molecule is COCCc1nnc2sc(C(C)(C)Oc3ccc(Cl)cc3)nn12. The first-order chi connectivity index (χ1) is 11.0. The Hall–Kier alpha value is -1.70. The van der Waals surface area contributed by atoms with Gasteiger partial charge in [-0.3, -0.25) is 0 Å². The molecule has 0 amide bonds. The molecule has 0 saturated carbocycles. The van der Waals surface area contributed by atoms with E-state index in [1.54, 1.807) is 23.8 Å². The minimum absolute atomic E-state index is 0.582. The molecule has 0 aliphatic carbocycles. The number of aromatic nitrogens is 4. The Bertz CT molecular complexity index is 798. The molecular formula is C15H17ClN4O2S. The molecule has 0 unspecified atom stereocenters. The molecule has 8 heteroatoms. The summed E-state index contributed by atoms with van der Waals surface area (Å²) < 4.78 is 12.9. The van der Waals surface area contributed by atoms with Gasteiger partial charge < -0.3 is 9.47 Å². The van der Waals surface area contributed by atoms with Gasteiger partial charge in [-0.25, -0.2) is 0 Å². The van der Waals surface area contributed by atoms with Crippen LogP contribution in [-0.2, 0) is 16.8 Å². The van der Waals surface area contributed by atoms with E-state index in [1.165, 1.54) is 11.3 Å². The molecule has 0 spiro atoms. The molecule has 0 bridgehead atoms. The highest BCUT2D eigenvalue weighted by Crippen LogP contribution is 2.31. The lowest BCUT2D eigenvalue weighted by Gasteiger charge is -2.23. The van der Waals surface area contributed by atoms with E-state index in [2.05, 4.69) is 15.3 Å². The van der Waals surface area contributed by atoms with Gasteiger partial charge in [-0.2, -0.15) is 9.61 Å². The van der Waals surface area contributed by atoms with Crippen LogP contribution in [0.3, 0.4) is 0 Å². The van der Waals surface area contributed by atoms with Crippen LogP contribution in [0.25, 0.3) is 4.96 Å². The van der Waals surface area contributed by atoms with Crippen LogP contribution in [0.1, 0.15) is 24.7 Å². The van der Waals surface area contributed by atoms with Crippen molar-refractivity contribution in [2.24, 2.45) is 0 Å². The van der Waals surface area contributed by atoms with E-state index in [1.807, 2.05) is 26.0 Å². The lowest BCUT2D eigenvalue weighted by atomic mass is 10.1. The lowest BCUT2D eigenvalue weighted by molar-refractivity contribution is 0.107. The van der Waals surface area contributed by atoms with Crippen LogP contribution in [-0.4, -0.2) is 33.5 Å². The van der Waals surface area contributed by atoms with Gasteiger partial charge in [0, 0.05) is 18.6 Å². The van der Waals surface area contributed by atoms with Crippen LogP contribution in [0, 0.1) is 0 Å². The van der Waals surface area contributed by atoms with E-state index < -0.39 is 5.60 Å². The Morgan fingerprint density at radius 3 is 2.65 bits per heavy atom. The summed E-state index contributed by atoms with van der Waals surface area (Å²) in [4.78, 5) is 0.749. The molecule has 0 aliphatic rings. The van der Waals surface area contributed by atoms with Crippen LogP contribution in [0.2, 0.25) is 5.02 Å². The van der Waals surface area contributed by atoms with Crippen molar-refractivity contribution >= 4 is 27.9 Å². The maximum Gasteiger partial charge on any atom is 0.234 e. The standard InChI is InChI=1S/C15H17ClN4O2S/c1-15(2,22-11-6-4-10(16)5-7-11)13-19-20-12(8-9-21-3)17-18-14(20)23-13/h4-7H,8-9H2,1-3H3. The van der Waals surface area contributed by atoms with E-state index in [0.29, 0.717) is 18.1 Å². The quantitative estimate of drug-likeness (QED) is 0.680. The van der Waals surface area contributed by atoms with Gasteiger partial charge in [0.1, 0.15) is 5.75 Å². The maximum atomic E-state index is 6.07. The minimum atomic E-state index is -0.586. The first-order valence-electron chi connectivity index (χ1n) is 7.15. The smallest absolute Gasteiger partial charge is 0.234 e. The van der Waals surface area contributed by atoms with Crippen LogP contribution in [0.15, 0.2) is 24.3 Å². The third-order valence-electron chi connectivity index (χ3n) is 3.29. The number of fused-ring (bicyclic) bond motifs is 1. The molecule has 6 nitrogen and oxygen atoms in total. The third-order valence-corrected chi connectivity index (χ3v) is 4.74. The first-order valence-corrected chi connectivity index (χ1v) is 8.34. The number of methoxy groups -OCH3 is 1. The molecule has 3 rings (SSSR count). The summed E-state index contributed by atoms with van der Waals surface area (Å²) in [6, 6.07) is 7.28. The van der Waals surface area contributed by atoms with Gasteiger partial charge in [0.25, 0.3) is 0 Å². The third kappa shape index (κ3) is 3.46. The average Bonchev–Trinajstić information content (AvgIpc) is 3.09. The zero-order valence-corrected chi connectivity index (χ0v) is 14.7. The van der Waals surface area contributed by atoms with Gasteiger partial charge in [-0.1, -0.05) is 22.9 Å². The lowest BCUT2D eigenvalue weighted by Crippen LogP contribution is -2.25. The predicted molar refractivity (Wildman–Crippen MR) is 89.3 cm³/mol. The summed E-state index contributed by atoms with van der Waals surface area (Å²) in [6.45, 7) is 4.53. The summed E-state index contributed by atoms with van der Waals surface area (Å²) in [5.41, 5.74) is -0.586. The molecule has 1 aromatic carbocycles. The van der Waals surface area contributed by atoms with Crippen LogP contribution in [0.4, 0.5) is 0 Å². The molecule has 0 N–H and O–H groups in total. The maximum absolute atomic E-state index is 6.07. The summed E-state index contributed by atoms with van der Waals surface area (Å²) in [5.74, 6) is 1.52. The fraction of sp³-hybridized carbons (Fsp3) is 0.400. The van der Waals surface area contributed by atoms with E-state index in [-0.39, 0.29) is 0 Å². The topological polar surface area (TPSA) is 61.5 Å². The number of halogens is 1. The Morgan fingerprint density at radius 1 is 1.22 bits per heavy atom. The van der Waals surface area contributed by atoms with Gasteiger partial charge in [0.15, 0.2) is 16.4 Å². The Balaban J connectivity index is 1.85. The van der Waals surface area contributed by atoms with Crippen molar-refractivity contribution in [3.05, 3.63) is 40.1 Å². The van der Waals surface area contributed by atoms with Crippen molar-refractivity contribution in [2.75, 3.05) is 13.7 Å². The molecule has 2 aromatic heterocycles. The Morgan fingerprint density at radius 2 is 1.96 bits per heavy atom. The molecule has 0 saturated heterocycles. The second-order valence-corrected chi connectivity index (χ2v) is 6.92. The zero-order chi connectivity index (χ0) is 16.4. The van der Waals surface area contributed by atoms with E-state index in [4.69, 9.17) is 21.1 Å². The molecular weight excluding hydrogens is 336 g/mol. The van der Waals surface area contributed by atoms with Crippen LogP contribution >= 0.6 is 22.9 Å². The summed E-state index contributed by atoms with van der Waals surface area (Å²) >= 11 is 7.37. The van der Waals surface area contributed by atoms with Crippen molar-refractivity contribution in [2.45, 2.75) is 25.9 Å². The normalized spacial score (nSPS) is 12.0. The second kappa shape index (κ2) is 6.43. The summed E-state index contributed by atoms with van der Waals surface area (Å²) in [7, 11) is 1.66. The van der Waals surface area contributed by atoms with Gasteiger partial charge in [-0.15, -0.1) is 10.2 Å². The Kier molecular flexibility index (Phi) is 4.52. The number of hydrogen-bond donors (Lipinski definition) is 0. The van der Waals surface area contributed by atoms with Gasteiger partial charge in [0.05, 0.1) is 6.61 Å². The highest BCUT2D eigenvalue weighted by molar-refractivity contribution is 7.16. The van der Waals surface area contributed by atoms with Gasteiger partial charge in [0.2, 0.25) is 4.96 Å². The number of benzene rings is 1. The molecule has 2 heterocycles. The minimum Gasteiger partial charge on any atom is -0.481 e. The zero-order valence-electron chi connectivity index (χ0n) is 13.1. The molecule has 0 radical (unpaired) electrons. The van der Waals surface area contributed by atoms with E-state index in [9.17, 15) is 0 Å². The fourth-order valence-corrected chi connectivity index (χ4v) is 3.11. The second-order valence-electron chi connectivity index (χ2n) is 5.53. The van der Waals surface area contributed by atoms with Crippen molar-refractivity contribution in [3.8, 4) is 5.75 Å². The van der Waals surface area contributed by atoms with Gasteiger partial charge in [-0.05, 0) is 38.1 Å². The average molecular weight is 353 g/mol. The highest BCUT2D eigenvalue weighted by atomic mass is 35.5. The van der Waals surface area contributed by atoms with E-state index in [0.717, 1.165) is 21.5 Å². The molecule has 0 fully saturated rings. The van der Waals surface area contributed by atoms with Crippen molar-refractivity contribution in [1.82, 2.24) is 19.8 Å². The monoisotopic (exact) mass is 352 g/mol. The predicted octanol–water partition coefficient (Wildman–Crippen LogP) is 3.34. The van der Waals surface area contributed by atoms with E-state index >= 15 is 0 Å². The van der Waals surface area contributed by atoms with Gasteiger partial charge >= 0.3 is 0 Å². The fourth-order valence-electron chi connectivity index (χ4n) is 2.09. The van der Waals surface area contributed by atoms with Crippen molar-refractivity contribution in [1.29, 1.82) is 0 Å². The van der Waals surface area contributed by atoms with Crippen LogP contribution in [0.5, 0.6) is 5.75 Å². The number of hydrogen-bond acceptors (Lipinski definition) is 6. The van der Waals surface area contributed by atoms with Crippen LogP contribution < -0.4 is 4.74 Å². The largest absolute Gasteiger partial charge is 0.481 e. The highest BCUT2D eigenvalue weighted by Gasteiger charge is 2.28. The summed E-state index contributed by atoms with van der Waals surface area (Å²) in [5, 5.41) is 14.4. The molecule has 122 valence electrons. The molecule has 0 atom stereocenters. The molecule has 23 heavy (non-hydrogen) atoms. The summed E-state index contributed by atoms with van der Waals surface area (Å²) in [6.07, 6.45) is 0.666. The number of rotatable bonds is 6. The van der Waals surface area contributed by atoms with Crippen molar-refractivity contribution in [3.63, 3.8) is 0 Å².